The maximum absolute atomic E-state index is 11.1. The molecule has 1 rings (SSSR count). The molecule has 0 amide bonds. The Bertz CT molecular complexity index is 572. The Balaban J connectivity index is 0.000000726. The summed E-state index contributed by atoms with van der Waals surface area (Å²) in [6, 6.07) is 10.6. The molecule has 0 fully saturated rings. The summed E-state index contributed by atoms with van der Waals surface area (Å²) >= 11 is 0. The molecule has 0 saturated heterocycles. The van der Waals surface area contributed by atoms with E-state index < -0.39 is 7.60 Å². The fourth-order valence-corrected chi connectivity index (χ4v) is 4.52. The van der Waals surface area contributed by atoms with E-state index in [2.05, 4.69) is 62.9 Å². The van der Waals surface area contributed by atoms with Crippen molar-refractivity contribution in [1.29, 1.82) is 0 Å². The Hall–Kier alpha value is -0.670. The predicted molar refractivity (Wildman–Crippen MR) is 138 cm³/mol. The Morgan fingerprint density at radius 3 is 1.53 bits per heavy atom. The monoisotopic (exact) mass is 469 g/mol. The Morgan fingerprint density at radius 1 is 0.750 bits per heavy atom. The van der Waals surface area contributed by atoms with Crippen LogP contribution in [0.1, 0.15) is 102 Å². The average molecular weight is 470 g/mol. The van der Waals surface area contributed by atoms with Crippen LogP contribution in [0, 0.1) is 0 Å². The summed E-state index contributed by atoms with van der Waals surface area (Å²) in [6.45, 7) is 3.36. The van der Waals surface area contributed by atoms with Crippen molar-refractivity contribution in [2.24, 2.45) is 0 Å². The van der Waals surface area contributed by atoms with E-state index in [4.69, 9.17) is 0 Å². The lowest BCUT2D eigenvalue weighted by Crippen LogP contribution is -2.33. The molecule has 0 bridgehead atoms. The van der Waals surface area contributed by atoms with Crippen molar-refractivity contribution >= 4 is 7.60 Å². The highest BCUT2D eigenvalue weighted by Gasteiger charge is 2.06. The molecule has 188 valence electrons. The second-order valence-electron chi connectivity index (χ2n) is 10.0. The maximum Gasteiger partial charge on any atom is 0.134 e. The first-order valence-corrected chi connectivity index (χ1v) is 14.6. The van der Waals surface area contributed by atoms with Crippen molar-refractivity contribution in [3.63, 3.8) is 0 Å². The van der Waals surface area contributed by atoms with Gasteiger partial charge in [0.05, 0.1) is 21.1 Å². The van der Waals surface area contributed by atoms with Crippen LogP contribution in [0.5, 0.6) is 0 Å². The summed E-state index contributed by atoms with van der Waals surface area (Å²) in [4.78, 5) is 11.1. The first-order chi connectivity index (χ1) is 15.2. The SMILES string of the molecule is CCCCCCCCCCCCCCCCP(=O)([O-])OC.C[N+](C)(C)Cc1ccccc1. The lowest BCUT2D eigenvalue weighted by Gasteiger charge is -2.23. The van der Waals surface area contributed by atoms with E-state index >= 15 is 0 Å². The van der Waals surface area contributed by atoms with Crippen LogP contribution in [-0.4, -0.2) is 38.9 Å². The van der Waals surface area contributed by atoms with Gasteiger partial charge in [0.2, 0.25) is 0 Å². The minimum Gasteiger partial charge on any atom is -0.779 e. The second-order valence-corrected chi connectivity index (χ2v) is 12.1. The van der Waals surface area contributed by atoms with Gasteiger partial charge in [0.15, 0.2) is 0 Å². The minimum absolute atomic E-state index is 0.196. The third kappa shape index (κ3) is 22.5. The molecule has 1 unspecified atom stereocenters. The van der Waals surface area contributed by atoms with Gasteiger partial charge in [-0.15, -0.1) is 0 Å². The summed E-state index contributed by atoms with van der Waals surface area (Å²) < 4.78 is 16.6. The summed E-state index contributed by atoms with van der Waals surface area (Å²) in [5.74, 6) is 0. The van der Waals surface area contributed by atoms with E-state index in [-0.39, 0.29) is 6.16 Å². The van der Waals surface area contributed by atoms with Crippen molar-refractivity contribution < 1.29 is 18.5 Å². The lowest BCUT2D eigenvalue weighted by molar-refractivity contribution is -0.884. The first-order valence-electron chi connectivity index (χ1n) is 12.9. The zero-order valence-electron chi connectivity index (χ0n) is 21.8. The zero-order valence-corrected chi connectivity index (χ0v) is 22.7. The number of hydrogen-bond donors (Lipinski definition) is 0. The fourth-order valence-electron chi connectivity index (χ4n) is 3.72. The van der Waals surface area contributed by atoms with Gasteiger partial charge in [0, 0.05) is 18.8 Å². The van der Waals surface area contributed by atoms with E-state index in [0.29, 0.717) is 0 Å². The number of nitrogens with zero attached hydrogens (tertiary/aromatic N) is 1. The molecule has 0 N–H and O–H groups in total. The third-order valence-corrected chi connectivity index (χ3v) is 6.98. The van der Waals surface area contributed by atoms with Gasteiger partial charge in [-0.2, -0.15) is 0 Å². The fraction of sp³-hybridized carbons (Fsp3) is 0.778. The third-order valence-electron chi connectivity index (χ3n) is 5.56. The van der Waals surface area contributed by atoms with Gasteiger partial charge in [-0.1, -0.05) is 121 Å². The molecule has 0 aliphatic heterocycles. The first kappa shape index (κ1) is 31.3. The molecule has 5 heteroatoms. The van der Waals surface area contributed by atoms with Gasteiger partial charge >= 0.3 is 0 Å². The van der Waals surface area contributed by atoms with E-state index in [1.54, 1.807) is 0 Å². The van der Waals surface area contributed by atoms with Crippen LogP contribution in [0.15, 0.2) is 30.3 Å². The largest absolute Gasteiger partial charge is 0.779 e. The van der Waals surface area contributed by atoms with Crippen LogP contribution in [0.2, 0.25) is 0 Å². The van der Waals surface area contributed by atoms with E-state index in [1.165, 1.54) is 83.3 Å². The van der Waals surface area contributed by atoms with Crippen LogP contribution in [-0.2, 0) is 15.6 Å². The number of hydrogen-bond acceptors (Lipinski definition) is 3. The van der Waals surface area contributed by atoms with Crippen molar-refractivity contribution in [3.8, 4) is 0 Å². The highest BCUT2D eigenvalue weighted by molar-refractivity contribution is 7.51. The molecule has 0 heterocycles. The predicted octanol–water partition coefficient (Wildman–Crippen LogP) is 7.56. The zero-order chi connectivity index (χ0) is 24.1. The molecule has 0 aromatic heterocycles. The van der Waals surface area contributed by atoms with Crippen LogP contribution in [0.3, 0.4) is 0 Å². The summed E-state index contributed by atoms with van der Waals surface area (Å²) in [7, 11) is 4.34. The Labute approximate surface area is 199 Å². The second kappa shape index (κ2) is 19.8. The normalized spacial score (nSPS) is 13.3. The van der Waals surface area contributed by atoms with Gasteiger partial charge in [0.1, 0.15) is 14.1 Å². The molecule has 0 spiro atoms. The van der Waals surface area contributed by atoms with E-state index in [1.807, 2.05) is 0 Å². The highest BCUT2D eigenvalue weighted by Crippen LogP contribution is 2.36. The molecule has 0 aliphatic carbocycles. The standard InChI is InChI=1S/C17H37O3P.C10H16N/c1-3-4-5-6-7-8-9-10-11-12-13-14-15-16-17-21(18,19)20-2;1-11(2,3)9-10-7-5-4-6-8-10/h3-17H2,1-2H3,(H,18,19);4-8H,9H2,1-3H3/q;+1/p-1. The summed E-state index contributed by atoms with van der Waals surface area (Å²) in [6.07, 6.45) is 18.1. The van der Waals surface area contributed by atoms with Crippen molar-refractivity contribution in [3.05, 3.63) is 35.9 Å². The van der Waals surface area contributed by atoms with Crippen molar-refractivity contribution in [1.82, 2.24) is 0 Å². The topological polar surface area (TPSA) is 49.4 Å². The van der Waals surface area contributed by atoms with E-state index in [0.717, 1.165) is 30.3 Å². The molecule has 0 saturated carbocycles. The van der Waals surface area contributed by atoms with Gasteiger partial charge in [-0.25, -0.2) is 0 Å². The molecule has 1 aromatic rings. The van der Waals surface area contributed by atoms with Gasteiger partial charge in [0.25, 0.3) is 0 Å². The van der Waals surface area contributed by atoms with Crippen LogP contribution in [0.25, 0.3) is 0 Å². The van der Waals surface area contributed by atoms with Crippen LogP contribution >= 0.6 is 7.60 Å². The summed E-state index contributed by atoms with van der Waals surface area (Å²) in [5.41, 5.74) is 1.40. The highest BCUT2D eigenvalue weighted by atomic mass is 31.2. The quantitative estimate of drug-likeness (QED) is 0.127. The number of quaternary nitrogens is 1. The molecular weight excluding hydrogens is 417 g/mol. The Morgan fingerprint density at radius 2 is 1.16 bits per heavy atom. The molecule has 32 heavy (non-hydrogen) atoms. The lowest BCUT2D eigenvalue weighted by atomic mass is 10.0. The molecule has 0 radical (unpaired) electrons. The number of unbranched alkanes of at least 4 members (excludes halogenated alkanes) is 13. The van der Waals surface area contributed by atoms with Crippen molar-refractivity contribution in [2.45, 2.75) is 103 Å². The number of benzene rings is 1. The van der Waals surface area contributed by atoms with Crippen LogP contribution in [0.4, 0.5) is 0 Å². The van der Waals surface area contributed by atoms with E-state index in [9.17, 15) is 9.46 Å². The number of rotatable bonds is 18. The maximum atomic E-state index is 11.1. The minimum atomic E-state index is -3.51. The van der Waals surface area contributed by atoms with Gasteiger partial charge in [-0.3, -0.25) is 0 Å². The molecule has 0 aliphatic rings. The Kier molecular flexibility index (Phi) is 19.4. The molecule has 4 nitrogen and oxygen atoms in total. The molecular formula is C27H52NO3P. The molecule has 1 atom stereocenters. The van der Waals surface area contributed by atoms with Gasteiger partial charge < -0.3 is 18.5 Å². The van der Waals surface area contributed by atoms with Gasteiger partial charge in [-0.05, 0) is 6.42 Å². The summed E-state index contributed by atoms with van der Waals surface area (Å²) in [5, 5.41) is 0. The van der Waals surface area contributed by atoms with Crippen molar-refractivity contribution in [2.75, 3.05) is 34.4 Å². The van der Waals surface area contributed by atoms with Crippen LogP contribution < -0.4 is 4.89 Å². The smallest absolute Gasteiger partial charge is 0.134 e. The molecule has 1 aromatic carbocycles. The average Bonchev–Trinajstić information content (AvgIpc) is 2.74.